The number of aromatic nitrogens is 1. The van der Waals surface area contributed by atoms with E-state index in [0.717, 1.165) is 22.2 Å². The molecule has 1 amide bonds. The molecular formula is C16H15N3O. The largest absolute Gasteiger partial charge is 0.351 e. The summed E-state index contributed by atoms with van der Waals surface area (Å²) in [6.45, 7) is 0.392. The molecule has 0 unspecified atom stereocenters. The Morgan fingerprint density at radius 3 is 2.65 bits per heavy atom. The summed E-state index contributed by atoms with van der Waals surface area (Å²) in [6, 6.07) is 17.2. The van der Waals surface area contributed by atoms with Crippen LogP contribution in [0.5, 0.6) is 0 Å². The van der Waals surface area contributed by atoms with Gasteiger partial charge < -0.3 is 16.0 Å². The van der Waals surface area contributed by atoms with Crippen LogP contribution in [0.25, 0.3) is 10.9 Å². The van der Waals surface area contributed by atoms with E-state index in [1.165, 1.54) is 0 Å². The average molecular weight is 265 g/mol. The van der Waals surface area contributed by atoms with E-state index in [1.807, 2.05) is 54.6 Å². The lowest BCUT2D eigenvalue weighted by atomic mass is 10.1. The van der Waals surface area contributed by atoms with Gasteiger partial charge in [-0.2, -0.15) is 0 Å². The minimum absolute atomic E-state index is 0.165. The van der Waals surface area contributed by atoms with Crippen molar-refractivity contribution >= 4 is 22.5 Å². The zero-order chi connectivity index (χ0) is 13.9. The monoisotopic (exact) mass is 265 g/mol. The number of hydrogen-bond acceptors (Lipinski definition) is 2. The zero-order valence-corrected chi connectivity index (χ0v) is 10.9. The summed E-state index contributed by atoms with van der Waals surface area (Å²) in [5.74, 6) is -0.165. The van der Waals surface area contributed by atoms with Crippen LogP contribution < -0.4 is 11.1 Å². The molecule has 1 heterocycles. The Morgan fingerprint density at radius 2 is 1.85 bits per heavy atom. The summed E-state index contributed by atoms with van der Waals surface area (Å²) in [6.07, 6.45) is 0. The number of amides is 1. The van der Waals surface area contributed by atoms with Crippen molar-refractivity contribution in [3.8, 4) is 0 Å². The highest BCUT2D eigenvalue weighted by molar-refractivity contribution is 6.06. The van der Waals surface area contributed by atoms with Crippen molar-refractivity contribution in [2.45, 2.75) is 6.54 Å². The lowest BCUT2D eigenvalue weighted by Crippen LogP contribution is -2.14. The van der Waals surface area contributed by atoms with Crippen molar-refractivity contribution in [2.75, 3.05) is 5.32 Å². The zero-order valence-electron chi connectivity index (χ0n) is 10.9. The van der Waals surface area contributed by atoms with E-state index < -0.39 is 0 Å². The Labute approximate surface area is 116 Å². The number of para-hydroxylation sites is 2. The van der Waals surface area contributed by atoms with Gasteiger partial charge in [0.05, 0.1) is 0 Å². The van der Waals surface area contributed by atoms with Crippen molar-refractivity contribution < 1.29 is 4.79 Å². The topological polar surface area (TPSA) is 70.9 Å². The molecule has 4 heteroatoms. The Morgan fingerprint density at radius 1 is 1.10 bits per heavy atom. The van der Waals surface area contributed by atoms with Gasteiger partial charge in [-0.3, -0.25) is 4.79 Å². The molecule has 0 atom stereocenters. The third kappa shape index (κ3) is 2.29. The highest BCUT2D eigenvalue weighted by Gasteiger charge is 2.10. The highest BCUT2D eigenvalue weighted by atomic mass is 16.1. The minimum Gasteiger partial charge on any atom is -0.351 e. The number of carbonyl (C=O) groups is 1. The Bertz CT molecular complexity index is 728. The van der Waals surface area contributed by atoms with Crippen LogP contribution in [0.1, 0.15) is 16.1 Å². The third-order valence-corrected chi connectivity index (χ3v) is 3.26. The second-order valence-electron chi connectivity index (χ2n) is 4.59. The van der Waals surface area contributed by atoms with Crippen molar-refractivity contribution in [3.05, 3.63) is 65.9 Å². The smallest absolute Gasteiger partial charge is 0.272 e. The first-order valence-electron chi connectivity index (χ1n) is 6.45. The van der Waals surface area contributed by atoms with E-state index in [2.05, 4.69) is 10.3 Å². The van der Waals surface area contributed by atoms with Crippen molar-refractivity contribution in [3.63, 3.8) is 0 Å². The molecule has 4 nitrogen and oxygen atoms in total. The summed E-state index contributed by atoms with van der Waals surface area (Å²) in [7, 11) is 0. The van der Waals surface area contributed by atoms with Gasteiger partial charge in [-0.1, -0.05) is 36.4 Å². The number of benzene rings is 2. The maximum Gasteiger partial charge on any atom is 0.272 e. The number of carbonyl (C=O) groups excluding carboxylic acids is 1. The summed E-state index contributed by atoms with van der Waals surface area (Å²) in [5, 5.41) is 3.91. The minimum atomic E-state index is -0.165. The van der Waals surface area contributed by atoms with Crippen LogP contribution in [-0.2, 0) is 6.54 Å². The van der Waals surface area contributed by atoms with Crippen LogP contribution in [0.2, 0.25) is 0 Å². The molecule has 0 radical (unpaired) electrons. The number of hydrogen-bond donors (Lipinski definition) is 3. The Hall–Kier alpha value is -2.59. The molecule has 0 aliphatic carbocycles. The van der Waals surface area contributed by atoms with Crippen molar-refractivity contribution in [2.24, 2.45) is 5.73 Å². The lowest BCUT2D eigenvalue weighted by Gasteiger charge is -2.08. The van der Waals surface area contributed by atoms with Gasteiger partial charge in [0.25, 0.3) is 5.91 Å². The Kier molecular flexibility index (Phi) is 3.23. The number of aromatic amines is 1. The van der Waals surface area contributed by atoms with Crippen LogP contribution in [0.4, 0.5) is 5.69 Å². The highest BCUT2D eigenvalue weighted by Crippen LogP contribution is 2.18. The van der Waals surface area contributed by atoms with Crippen LogP contribution >= 0.6 is 0 Å². The van der Waals surface area contributed by atoms with Gasteiger partial charge in [-0.05, 0) is 23.8 Å². The maximum atomic E-state index is 12.3. The van der Waals surface area contributed by atoms with Crippen LogP contribution in [0.15, 0.2) is 54.6 Å². The predicted molar refractivity (Wildman–Crippen MR) is 80.6 cm³/mol. The molecule has 0 saturated carbocycles. The Balaban J connectivity index is 1.89. The molecule has 3 rings (SSSR count). The molecule has 0 saturated heterocycles. The van der Waals surface area contributed by atoms with Gasteiger partial charge in [0.2, 0.25) is 0 Å². The standard InChI is InChI=1S/C16H15N3O/c17-10-12-6-2-4-8-14(12)19-16(20)15-9-11-5-1-3-7-13(11)18-15/h1-9,18H,10,17H2,(H,19,20). The summed E-state index contributed by atoms with van der Waals surface area (Å²) < 4.78 is 0. The van der Waals surface area contributed by atoms with E-state index in [4.69, 9.17) is 5.73 Å². The number of anilines is 1. The van der Waals surface area contributed by atoms with Gasteiger partial charge in [0, 0.05) is 23.1 Å². The summed E-state index contributed by atoms with van der Waals surface area (Å²) in [5.41, 5.74) is 8.82. The fraction of sp³-hybridized carbons (Fsp3) is 0.0625. The van der Waals surface area contributed by atoms with Gasteiger partial charge in [0.15, 0.2) is 0 Å². The molecule has 0 fully saturated rings. The molecule has 1 aromatic heterocycles. The second kappa shape index (κ2) is 5.19. The molecule has 0 bridgehead atoms. The van der Waals surface area contributed by atoms with E-state index in [-0.39, 0.29) is 5.91 Å². The molecule has 20 heavy (non-hydrogen) atoms. The van der Waals surface area contributed by atoms with E-state index >= 15 is 0 Å². The summed E-state index contributed by atoms with van der Waals surface area (Å²) in [4.78, 5) is 15.4. The predicted octanol–water partition coefficient (Wildman–Crippen LogP) is 2.88. The first-order valence-corrected chi connectivity index (χ1v) is 6.45. The molecule has 3 aromatic rings. The second-order valence-corrected chi connectivity index (χ2v) is 4.59. The van der Waals surface area contributed by atoms with Crippen molar-refractivity contribution in [1.82, 2.24) is 4.98 Å². The van der Waals surface area contributed by atoms with Crippen LogP contribution in [-0.4, -0.2) is 10.9 Å². The fourth-order valence-corrected chi connectivity index (χ4v) is 2.21. The first-order chi connectivity index (χ1) is 9.78. The van der Waals surface area contributed by atoms with Crippen LogP contribution in [0, 0.1) is 0 Å². The molecule has 4 N–H and O–H groups in total. The number of nitrogens with one attached hydrogen (secondary N) is 2. The molecule has 100 valence electrons. The number of fused-ring (bicyclic) bond motifs is 1. The van der Waals surface area contributed by atoms with Gasteiger partial charge in [-0.25, -0.2) is 0 Å². The summed E-state index contributed by atoms with van der Waals surface area (Å²) >= 11 is 0. The fourth-order valence-electron chi connectivity index (χ4n) is 2.21. The van der Waals surface area contributed by atoms with Crippen molar-refractivity contribution in [1.29, 1.82) is 0 Å². The SMILES string of the molecule is NCc1ccccc1NC(=O)c1cc2ccccc2[nH]1. The molecular weight excluding hydrogens is 250 g/mol. The number of nitrogens with two attached hydrogens (primary N) is 1. The lowest BCUT2D eigenvalue weighted by molar-refractivity contribution is 0.102. The van der Waals surface area contributed by atoms with Crippen LogP contribution in [0.3, 0.4) is 0 Å². The quantitative estimate of drug-likeness (QED) is 0.681. The van der Waals surface area contributed by atoms with Gasteiger partial charge >= 0.3 is 0 Å². The number of H-pyrrole nitrogens is 1. The van der Waals surface area contributed by atoms with E-state index in [0.29, 0.717) is 12.2 Å². The third-order valence-electron chi connectivity index (χ3n) is 3.26. The van der Waals surface area contributed by atoms with Gasteiger partial charge in [0.1, 0.15) is 5.69 Å². The molecule has 2 aromatic carbocycles. The first kappa shape index (κ1) is 12.4. The van der Waals surface area contributed by atoms with E-state index in [1.54, 1.807) is 0 Å². The molecule has 0 aliphatic heterocycles. The molecule has 0 spiro atoms. The average Bonchev–Trinajstić information content (AvgIpc) is 2.92. The van der Waals surface area contributed by atoms with E-state index in [9.17, 15) is 4.79 Å². The molecule has 0 aliphatic rings. The number of rotatable bonds is 3. The maximum absolute atomic E-state index is 12.3. The van der Waals surface area contributed by atoms with Gasteiger partial charge in [-0.15, -0.1) is 0 Å². The normalized spacial score (nSPS) is 10.7.